The molecular formula is C17H22N6. The Kier molecular flexibility index (Phi) is 3.81. The van der Waals surface area contributed by atoms with Crippen LogP contribution in [0.4, 0.5) is 11.8 Å². The highest BCUT2D eigenvalue weighted by Crippen LogP contribution is 2.28. The predicted octanol–water partition coefficient (Wildman–Crippen LogP) is 1.78. The fourth-order valence-corrected chi connectivity index (χ4v) is 3.48. The van der Waals surface area contributed by atoms with Crippen LogP contribution in [0.5, 0.6) is 0 Å². The van der Waals surface area contributed by atoms with Gasteiger partial charge in [-0.3, -0.25) is 0 Å². The molecule has 0 N–H and O–H groups in total. The first-order chi connectivity index (χ1) is 11.3. The van der Waals surface area contributed by atoms with Crippen LogP contribution in [0.2, 0.25) is 0 Å². The summed E-state index contributed by atoms with van der Waals surface area (Å²) in [6.07, 6.45) is 8.29. The lowest BCUT2D eigenvalue weighted by molar-refractivity contribution is 0.615. The molecule has 0 atom stereocenters. The first-order valence-electron chi connectivity index (χ1n) is 8.43. The van der Waals surface area contributed by atoms with Crippen molar-refractivity contribution in [2.24, 2.45) is 0 Å². The van der Waals surface area contributed by atoms with Gasteiger partial charge >= 0.3 is 0 Å². The van der Waals surface area contributed by atoms with E-state index in [1.54, 1.807) is 6.33 Å². The monoisotopic (exact) mass is 310 g/mol. The van der Waals surface area contributed by atoms with Gasteiger partial charge in [0.05, 0.1) is 0 Å². The fraction of sp³-hybridized carbons (Fsp3) is 0.529. The minimum absolute atomic E-state index is 0.842. The van der Waals surface area contributed by atoms with Crippen molar-refractivity contribution in [1.82, 2.24) is 19.9 Å². The third-order valence-electron chi connectivity index (χ3n) is 4.75. The van der Waals surface area contributed by atoms with Crippen molar-refractivity contribution < 1.29 is 0 Å². The SMILES string of the molecule is Cc1ccnc(N2CCN(c3ncnc4c3CCCC4)CC2)n1. The van der Waals surface area contributed by atoms with Crippen molar-refractivity contribution in [3.8, 4) is 0 Å². The van der Waals surface area contributed by atoms with Crippen LogP contribution in [-0.4, -0.2) is 46.1 Å². The molecule has 2 aromatic rings. The molecule has 6 heteroatoms. The lowest BCUT2D eigenvalue weighted by atomic mass is 9.96. The molecule has 6 nitrogen and oxygen atoms in total. The number of rotatable bonds is 2. The Bertz CT molecular complexity index is 693. The van der Waals surface area contributed by atoms with Gasteiger partial charge in [-0.25, -0.2) is 19.9 Å². The van der Waals surface area contributed by atoms with Gasteiger partial charge in [-0.2, -0.15) is 0 Å². The smallest absolute Gasteiger partial charge is 0.225 e. The standard InChI is InChI=1S/C17H22N6/c1-13-6-7-18-17(21-13)23-10-8-22(9-11-23)16-14-4-2-3-5-15(14)19-12-20-16/h6-7,12H,2-5,8-11H2,1H3. The van der Waals surface area contributed by atoms with Gasteiger partial charge in [0.15, 0.2) is 0 Å². The number of hydrogen-bond acceptors (Lipinski definition) is 6. The number of aromatic nitrogens is 4. The molecule has 2 aromatic heterocycles. The molecule has 0 bridgehead atoms. The van der Waals surface area contributed by atoms with Crippen LogP contribution in [-0.2, 0) is 12.8 Å². The molecule has 120 valence electrons. The molecule has 0 radical (unpaired) electrons. The molecule has 0 amide bonds. The summed E-state index contributed by atoms with van der Waals surface area (Å²) in [5, 5.41) is 0. The zero-order valence-corrected chi connectivity index (χ0v) is 13.6. The van der Waals surface area contributed by atoms with E-state index in [2.05, 4.69) is 29.7 Å². The van der Waals surface area contributed by atoms with E-state index in [4.69, 9.17) is 0 Å². The summed E-state index contributed by atoms with van der Waals surface area (Å²) in [6.45, 7) is 5.79. The van der Waals surface area contributed by atoms with Gasteiger partial charge in [-0.15, -0.1) is 0 Å². The Balaban J connectivity index is 1.50. The van der Waals surface area contributed by atoms with Crippen LogP contribution in [0, 0.1) is 6.92 Å². The Morgan fingerprint density at radius 3 is 2.52 bits per heavy atom. The summed E-state index contributed by atoms with van der Waals surface area (Å²) in [5.41, 5.74) is 3.65. The summed E-state index contributed by atoms with van der Waals surface area (Å²) in [5.74, 6) is 1.99. The van der Waals surface area contributed by atoms with Crippen LogP contribution >= 0.6 is 0 Å². The normalized spacial score (nSPS) is 18.0. The zero-order chi connectivity index (χ0) is 15.6. The second kappa shape index (κ2) is 6.10. The largest absolute Gasteiger partial charge is 0.353 e. The lowest BCUT2D eigenvalue weighted by Crippen LogP contribution is -2.47. The van der Waals surface area contributed by atoms with Gasteiger partial charge in [0.25, 0.3) is 0 Å². The molecule has 4 rings (SSSR count). The first-order valence-corrected chi connectivity index (χ1v) is 8.43. The highest BCUT2D eigenvalue weighted by Gasteiger charge is 2.24. The van der Waals surface area contributed by atoms with Crippen molar-refractivity contribution in [1.29, 1.82) is 0 Å². The second-order valence-corrected chi connectivity index (χ2v) is 6.30. The van der Waals surface area contributed by atoms with E-state index in [9.17, 15) is 0 Å². The molecule has 1 aliphatic carbocycles. The molecule has 2 aliphatic rings. The highest BCUT2D eigenvalue weighted by molar-refractivity contribution is 5.51. The van der Waals surface area contributed by atoms with E-state index in [1.165, 1.54) is 24.1 Å². The lowest BCUT2D eigenvalue weighted by Gasteiger charge is -2.36. The van der Waals surface area contributed by atoms with Gasteiger partial charge in [-0.1, -0.05) is 0 Å². The maximum Gasteiger partial charge on any atom is 0.225 e. The van der Waals surface area contributed by atoms with Crippen LogP contribution in [0.3, 0.4) is 0 Å². The van der Waals surface area contributed by atoms with Crippen molar-refractivity contribution >= 4 is 11.8 Å². The summed E-state index contributed by atoms with van der Waals surface area (Å²) < 4.78 is 0. The van der Waals surface area contributed by atoms with E-state index in [0.29, 0.717) is 0 Å². The van der Waals surface area contributed by atoms with Gasteiger partial charge in [0.1, 0.15) is 12.1 Å². The average Bonchev–Trinajstić information content (AvgIpc) is 2.61. The van der Waals surface area contributed by atoms with E-state index < -0.39 is 0 Å². The Morgan fingerprint density at radius 2 is 1.70 bits per heavy atom. The molecule has 1 saturated heterocycles. The van der Waals surface area contributed by atoms with Crippen LogP contribution in [0.25, 0.3) is 0 Å². The number of hydrogen-bond donors (Lipinski definition) is 0. The maximum atomic E-state index is 4.59. The summed E-state index contributed by atoms with van der Waals surface area (Å²) in [7, 11) is 0. The molecule has 1 aliphatic heterocycles. The average molecular weight is 310 g/mol. The Labute approximate surface area is 136 Å². The van der Waals surface area contributed by atoms with Crippen molar-refractivity contribution in [3.05, 3.63) is 35.5 Å². The van der Waals surface area contributed by atoms with Crippen molar-refractivity contribution in [2.75, 3.05) is 36.0 Å². The molecular weight excluding hydrogens is 288 g/mol. The fourth-order valence-electron chi connectivity index (χ4n) is 3.48. The Hall–Kier alpha value is -2.24. The highest BCUT2D eigenvalue weighted by atomic mass is 15.3. The van der Waals surface area contributed by atoms with E-state index in [-0.39, 0.29) is 0 Å². The van der Waals surface area contributed by atoms with E-state index in [0.717, 1.165) is 56.5 Å². The van der Waals surface area contributed by atoms with Gasteiger partial charge in [0, 0.05) is 49.3 Å². The molecule has 3 heterocycles. The third kappa shape index (κ3) is 2.85. The molecule has 23 heavy (non-hydrogen) atoms. The quantitative estimate of drug-likeness (QED) is 0.843. The Morgan fingerprint density at radius 1 is 0.913 bits per heavy atom. The summed E-state index contributed by atoms with van der Waals surface area (Å²) in [4.78, 5) is 22.7. The third-order valence-corrected chi connectivity index (χ3v) is 4.75. The van der Waals surface area contributed by atoms with Gasteiger partial charge < -0.3 is 9.80 Å². The topological polar surface area (TPSA) is 58.0 Å². The first kappa shape index (κ1) is 14.4. The van der Waals surface area contributed by atoms with Crippen molar-refractivity contribution in [3.63, 3.8) is 0 Å². The molecule has 0 saturated carbocycles. The molecule has 0 aromatic carbocycles. The minimum Gasteiger partial charge on any atom is -0.353 e. The summed E-state index contributed by atoms with van der Waals surface area (Å²) in [6, 6.07) is 1.94. The number of aryl methyl sites for hydroxylation is 2. The van der Waals surface area contributed by atoms with Gasteiger partial charge in [-0.05, 0) is 38.7 Å². The van der Waals surface area contributed by atoms with E-state index >= 15 is 0 Å². The predicted molar refractivity (Wildman–Crippen MR) is 89.9 cm³/mol. The van der Waals surface area contributed by atoms with Crippen molar-refractivity contribution in [2.45, 2.75) is 32.6 Å². The van der Waals surface area contributed by atoms with E-state index in [1.807, 2.05) is 19.2 Å². The maximum absolute atomic E-state index is 4.59. The number of fused-ring (bicyclic) bond motifs is 1. The molecule has 1 fully saturated rings. The summed E-state index contributed by atoms with van der Waals surface area (Å²) >= 11 is 0. The minimum atomic E-state index is 0.842. The molecule has 0 unspecified atom stereocenters. The number of nitrogens with zero attached hydrogens (tertiary/aromatic N) is 6. The van der Waals surface area contributed by atoms with Gasteiger partial charge in [0.2, 0.25) is 5.95 Å². The number of anilines is 2. The second-order valence-electron chi connectivity index (χ2n) is 6.30. The van der Waals surface area contributed by atoms with Crippen LogP contribution < -0.4 is 9.80 Å². The van der Waals surface area contributed by atoms with Crippen LogP contribution in [0.15, 0.2) is 18.6 Å². The van der Waals surface area contributed by atoms with Crippen LogP contribution in [0.1, 0.15) is 29.8 Å². The zero-order valence-electron chi connectivity index (χ0n) is 13.6. The number of piperazine rings is 1. The molecule has 0 spiro atoms.